The van der Waals surface area contributed by atoms with Crippen LogP contribution in [0, 0.1) is 0 Å². The molecule has 2 N–H and O–H groups in total. The second-order valence-corrected chi connectivity index (χ2v) is 5.19. The molecule has 0 fully saturated rings. The molecule has 0 aromatic heterocycles. The third-order valence-corrected chi connectivity index (χ3v) is 3.29. The quantitative estimate of drug-likeness (QED) is 0.644. The fraction of sp³-hybridized carbons (Fsp3) is 0.200. The molecule has 1 aromatic rings. The lowest BCUT2D eigenvalue weighted by molar-refractivity contribution is 0.261. The van der Waals surface area contributed by atoms with E-state index in [9.17, 15) is 14.6 Å². The summed E-state index contributed by atoms with van der Waals surface area (Å²) < 4.78 is 15.9. The van der Waals surface area contributed by atoms with Crippen molar-refractivity contribution in [2.45, 2.75) is 6.92 Å². The average Bonchev–Trinajstić information content (AvgIpc) is 2.17. The first kappa shape index (κ1) is 13.3. The highest BCUT2D eigenvalue weighted by Gasteiger charge is 2.24. The van der Waals surface area contributed by atoms with Gasteiger partial charge in [-0.05, 0) is 30.7 Å². The summed E-state index contributed by atoms with van der Waals surface area (Å²) >= 11 is 5.73. The molecular weight excluding hydrogens is 251 g/mol. The van der Waals surface area contributed by atoms with Crippen LogP contribution in [-0.4, -0.2) is 16.6 Å². The molecule has 1 aromatic carbocycles. The minimum absolute atomic E-state index is 0.0429. The molecule has 16 heavy (non-hydrogen) atoms. The van der Waals surface area contributed by atoms with Crippen LogP contribution >= 0.6 is 19.2 Å². The van der Waals surface area contributed by atoms with Gasteiger partial charge in [-0.3, -0.25) is 4.57 Å². The van der Waals surface area contributed by atoms with Crippen LogP contribution < -0.4 is 0 Å². The van der Waals surface area contributed by atoms with Crippen molar-refractivity contribution in [3.8, 4) is 0 Å². The SMILES string of the molecule is CCOP(=O)(O)C(O)=Cc1cccc(Cl)c1. The van der Waals surface area contributed by atoms with Crippen molar-refractivity contribution >= 4 is 25.3 Å². The average molecular weight is 263 g/mol. The van der Waals surface area contributed by atoms with Crippen molar-refractivity contribution in [2.75, 3.05) is 6.61 Å². The molecule has 0 amide bonds. The van der Waals surface area contributed by atoms with Crippen molar-refractivity contribution in [2.24, 2.45) is 0 Å². The minimum atomic E-state index is -4.09. The molecule has 6 heteroatoms. The smallest absolute Gasteiger partial charge is 0.392 e. The van der Waals surface area contributed by atoms with E-state index in [1.54, 1.807) is 31.2 Å². The van der Waals surface area contributed by atoms with Gasteiger partial charge in [0.1, 0.15) is 0 Å². The maximum absolute atomic E-state index is 11.4. The van der Waals surface area contributed by atoms with Crippen LogP contribution in [0.2, 0.25) is 5.02 Å². The predicted octanol–water partition coefficient (Wildman–Crippen LogP) is 3.42. The molecule has 1 rings (SSSR count). The molecule has 88 valence electrons. The summed E-state index contributed by atoms with van der Waals surface area (Å²) in [5, 5.41) is 9.91. The molecule has 0 radical (unpaired) electrons. The van der Waals surface area contributed by atoms with Gasteiger partial charge in [-0.15, -0.1) is 0 Å². The summed E-state index contributed by atoms with van der Waals surface area (Å²) in [6.07, 6.45) is 1.16. The highest BCUT2D eigenvalue weighted by Crippen LogP contribution is 2.49. The van der Waals surface area contributed by atoms with E-state index in [1.165, 1.54) is 0 Å². The van der Waals surface area contributed by atoms with E-state index in [4.69, 9.17) is 11.6 Å². The Kier molecular flexibility index (Phi) is 4.56. The lowest BCUT2D eigenvalue weighted by Gasteiger charge is -2.09. The van der Waals surface area contributed by atoms with Crippen molar-refractivity contribution in [3.05, 3.63) is 40.4 Å². The van der Waals surface area contributed by atoms with E-state index in [0.29, 0.717) is 10.6 Å². The van der Waals surface area contributed by atoms with Gasteiger partial charge in [0.2, 0.25) is 5.50 Å². The Labute approximate surface area is 98.7 Å². The second-order valence-electron chi connectivity index (χ2n) is 3.00. The lowest BCUT2D eigenvalue weighted by atomic mass is 10.2. The summed E-state index contributed by atoms with van der Waals surface area (Å²) in [5.74, 6) is 0. The van der Waals surface area contributed by atoms with Crippen LogP contribution in [0.3, 0.4) is 0 Å². The van der Waals surface area contributed by atoms with Crippen LogP contribution in [0.5, 0.6) is 0 Å². The molecule has 0 saturated carbocycles. The first-order valence-electron chi connectivity index (χ1n) is 4.60. The van der Waals surface area contributed by atoms with Gasteiger partial charge in [-0.25, -0.2) is 0 Å². The molecule has 0 spiro atoms. The van der Waals surface area contributed by atoms with Gasteiger partial charge in [-0.2, -0.15) is 0 Å². The van der Waals surface area contributed by atoms with E-state index in [-0.39, 0.29) is 6.61 Å². The van der Waals surface area contributed by atoms with E-state index in [2.05, 4.69) is 4.52 Å². The zero-order valence-corrected chi connectivity index (χ0v) is 10.3. The molecule has 0 heterocycles. The number of halogens is 1. The molecule has 0 aliphatic heterocycles. The van der Waals surface area contributed by atoms with Crippen LogP contribution in [0.4, 0.5) is 0 Å². The third kappa shape index (κ3) is 3.65. The molecule has 1 unspecified atom stereocenters. The van der Waals surface area contributed by atoms with Gasteiger partial charge >= 0.3 is 7.60 Å². The number of hydrogen-bond acceptors (Lipinski definition) is 3. The monoisotopic (exact) mass is 262 g/mol. The Morgan fingerprint density at radius 3 is 2.88 bits per heavy atom. The zero-order chi connectivity index (χ0) is 12.2. The van der Waals surface area contributed by atoms with Crippen molar-refractivity contribution in [1.29, 1.82) is 0 Å². The Bertz CT molecular complexity index is 444. The van der Waals surface area contributed by atoms with E-state index in [1.807, 2.05) is 0 Å². The minimum Gasteiger partial charge on any atom is -0.501 e. The third-order valence-electron chi connectivity index (χ3n) is 1.74. The molecule has 0 bridgehead atoms. The van der Waals surface area contributed by atoms with Gasteiger partial charge in [0.15, 0.2) is 0 Å². The van der Waals surface area contributed by atoms with Crippen LogP contribution in [0.15, 0.2) is 29.8 Å². The maximum Gasteiger partial charge on any atom is 0.392 e. The van der Waals surface area contributed by atoms with E-state index in [0.717, 1.165) is 6.08 Å². The number of aliphatic hydroxyl groups is 1. The second kappa shape index (κ2) is 5.51. The lowest BCUT2D eigenvalue weighted by Crippen LogP contribution is -1.92. The molecular formula is C10H12ClO4P. The Morgan fingerprint density at radius 1 is 1.62 bits per heavy atom. The first-order valence-corrected chi connectivity index (χ1v) is 6.55. The summed E-state index contributed by atoms with van der Waals surface area (Å²) in [6.45, 7) is 1.61. The van der Waals surface area contributed by atoms with Crippen molar-refractivity contribution < 1.29 is 19.1 Å². The number of rotatable bonds is 4. The Balaban J connectivity index is 2.97. The predicted molar refractivity (Wildman–Crippen MR) is 63.5 cm³/mol. The normalized spacial score (nSPS) is 15.8. The molecule has 0 aliphatic carbocycles. The van der Waals surface area contributed by atoms with Gasteiger partial charge < -0.3 is 14.5 Å². The van der Waals surface area contributed by atoms with Crippen molar-refractivity contribution in [1.82, 2.24) is 0 Å². The fourth-order valence-corrected chi connectivity index (χ4v) is 2.06. The van der Waals surface area contributed by atoms with Gasteiger partial charge in [0.25, 0.3) is 0 Å². The summed E-state index contributed by atoms with van der Waals surface area (Å²) in [5.41, 5.74) is -0.171. The topological polar surface area (TPSA) is 66.8 Å². The standard InChI is InChI=1S/C10H12ClO4P/c1-2-15-16(13,14)10(12)7-8-4-3-5-9(11)6-8/h3-7,12H,2H2,1H3,(H,13,14). The fourth-order valence-electron chi connectivity index (χ4n) is 1.07. The van der Waals surface area contributed by atoms with Gasteiger partial charge in [0, 0.05) is 5.02 Å². The number of benzene rings is 1. The molecule has 0 saturated heterocycles. The maximum atomic E-state index is 11.4. The molecule has 0 aliphatic rings. The Morgan fingerprint density at radius 2 is 2.31 bits per heavy atom. The largest absolute Gasteiger partial charge is 0.501 e. The highest BCUT2D eigenvalue weighted by molar-refractivity contribution is 7.57. The summed E-state index contributed by atoms with van der Waals surface area (Å²) in [7, 11) is -4.09. The number of aliphatic hydroxyl groups excluding tert-OH is 1. The molecule has 4 nitrogen and oxygen atoms in total. The van der Waals surface area contributed by atoms with Gasteiger partial charge in [0.05, 0.1) is 6.61 Å². The van der Waals surface area contributed by atoms with Crippen molar-refractivity contribution in [3.63, 3.8) is 0 Å². The summed E-state index contributed by atoms with van der Waals surface area (Å²) in [6, 6.07) is 6.54. The Hall–Kier alpha value is -0.800. The van der Waals surface area contributed by atoms with Crippen LogP contribution in [0.25, 0.3) is 6.08 Å². The zero-order valence-electron chi connectivity index (χ0n) is 8.63. The first-order chi connectivity index (χ1) is 7.45. The number of hydrogen-bond donors (Lipinski definition) is 2. The van der Waals surface area contributed by atoms with Gasteiger partial charge in [-0.1, -0.05) is 23.7 Å². The van der Waals surface area contributed by atoms with Crippen LogP contribution in [-0.2, 0) is 9.09 Å². The molecule has 1 atom stereocenters. The highest BCUT2D eigenvalue weighted by atomic mass is 35.5. The summed E-state index contributed by atoms with van der Waals surface area (Å²) in [4.78, 5) is 9.30. The van der Waals surface area contributed by atoms with E-state index >= 15 is 0 Å². The van der Waals surface area contributed by atoms with Crippen LogP contribution in [0.1, 0.15) is 12.5 Å². The van der Waals surface area contributed by atoms with E-state index < -0.39 is 13.1 Å².